The van der Waals surface area contributed by atoms with Crippen LogP contribution in [0.5, 0.6) is 5.88 Å². The monoisotopic (exact) mass is 166 g/mol. The van der Waals surface area contributed by atoms with E-state index < -0.39 is 0 Å². The lowest BCUT2D eigenvalue weighted by atomic mass is 10.1. The summed E-state index contributed by atoms with van der Waals surface area (Å²) in [5, 5.41) is 0. The predicted octanol–water partition coefficient (Wildman–Crippen LogP) is 1.20. The van der Waals surface area contributed by atoms with Crippen molar-refractivity contribution in [1.29, 1.82) is 0 Å². The highest BCUT2D eigenvalue weighted by Gasteiger charge is 2.11. The number of nitrogens with zero attached hydrogens (tertiary/aromatic N) is 1. The molecule has 1 heterocycles. The van der Waals surface area contributed by atoms with Crippen molar-refractivity contribution in [2.24, 2.45) is 5.73 Å². The number of hydrogen-bond acceptors (Lipinski definition) is 3. The highest BCUT2D eigenvalue weighted by molar-refractivity contribution is 5.09. The Bertz CT molecular complexity index is 228. The van der Waals surface area contributed by atoms with Crippen molar-refractivity contribution >= 4 is 0 Å². The Morgan fingerprint density at radius 2 is 2.25 bits per heavy atom. The summed E-state index contributed by atoms with van der Waals surface area (Å²) in [5.74, 6) is 0.621. The van der Waals surface area contributed by atoms with E-state index in [0.717, 1.165) is 0 Å². The first-order valence-corrected chi connectivity index (χ1v) is 3.91. The van der Waals surface area contributed by atoms with Crippen LogP contribution in [-0.4, -0.2) is 17.1 Å². The third-order valence-corrected chi connectivity index (χ3v) is 1.23. The van der Waals surface area contributed by atoms with Crippen LogP contribution in [0, 0.1) is 0 Å². The highest BCUT2D eigenvalue weighted by Crippen LogP contribution is 2.06. The van der Waals surface area contributed by atoms with Gasteiger partial charge in [0, 0.05) is 17.8 Å². The van der Waals surface area contributed by atoms with Crippen LogP contribution in [0.15, 0.2) is 24.4 Å². The third kappa shape index (κ3) is 3.34. The third-order valence-electron chi connectivity index (χ3n) is 1.23. The van der Waals surface area contributed by atoms with E-state index in [1.165, 1.54) is 0 Å². The van der Waals surface area contributed by atoms with Crippen molar-refractivity contribution in [1.82, 2.24) is 4.98 Å². The highest BCUT2D eigenvalue weighted by atomic mass is 16.5. The summed E-state index contributed by atoms with van der Waals surface area (Å²) in [5.41, 5.74) is 5.42. The Labute approximate surface area is 72.6 Å². The number of nitrogens with two attached hydrogens (primary N) is 1. The minimum absolute atomic E-state index is 0.308. The molecule has 0 spiro atoms. The van der Waals surface area contributed by atoms with Crippen molar-refractivity contribution in [3.05, 3.63) is 24.4 Å². The van der Waals surface area contributed by atoms with Gasteiger partial charge in [-0.2, -0.15) is 0 Å². The number of ether oxygens (including phenoxy) is 1. The van der Waals surface area contributed by atoms with E-state index in [4.69, 9.17) is 10.5 Å². The maximum Gasteiger partial charge on any atom is 0.213 e. The number of rotatable bonds is 3. The molecule has 0 unspecified atom stereocenters. The summed E-state index contributed by atoms with van der Waals surface area (Å²) < 4.78 is 5.33. The van der Waals surface area contributed by atoms with Gasteiger partial charge in [-0.1, -0.05) is 6.07 Å². The quantitative estimate of drug-likeness (QED) is 0.734. The SMILES string of the molecule is CC(C)(N)COc1ccccn1. The average Bonchev–Trinajstić information content (AvgIpc) is 2.02. The summed E-state index contributed by atoms with van der Waals surface area (Å²) in [4.78, 5) is 4.00. The molecular formula is C9H14N2O. The second-order valence-electron chi connectivity index (χ2n) is 3.45. The van der Waals surface area contributed by atoms with Crippen molar-refractivity contribution in [3.63, 3.8) is 0 Å². The van der Waals surface area contributed by atoms with Crippen LogP contribution in [-0.2, 0) is 0 Å². The Balaban J connectivity index is 2.44. The molecule has 2 N–H and O–H groups in total. The van der Waals surface area contributed by atoms with E-state index in [1.54, 1.807) is 6.20 Å². The second kappa shape index (κ2) is 3.54. The lowest BCUT2D eigenvalue weighted by Gasteiger charge is -2.18. The zero-order valence-electron chi connectivity index (χ0n) is 7.45. The second-order valence-corrected chi connectivity index (χ2v) is 3.45. The molecule has 0 fully saturated rings. The molecule has 0 saturated carbocycles. The standard InChI is InChI=1S/C9H14N2O/c1-9(2,10)7-12-8-5-3-4-6-11-8/h3-6H,7,10H2,1-2H3. The van der Waals surface area contributed by atoms with E-state index in [-0.39, 0.29) is 5.54 Å². The molecule has 0 bridgehead atoms. The van der Waals surface area contributed by atoms with Crippen LogP contribution < -0.4 is 10.5 Å². The Morgan fingerprint density at radius 1 is 1.50 bits per heavy atom. The van der Waals surface area contributed by atoms with Crippen LogP contribution in [0.4, 0.5) is 0 Å². The normalized spacial score (nSPS) is 11.2. The zero-order valence-corrected chi connectivity index (χ0v) is 7.45. The molecule has 0 amide bonds. The summed E-state index contributed by atoms with van der Waals surface area (Å²) >= 11 is 0. The fraction of sp³-hybridized carbons (Fsp3) is 0.444. The van der Waals surface area contributed by atoms with E-state index in [0.29, 0.717) is 12.5 Å². The lowest BCUT2D eigenvalue weighted by Crippen LogP contribution is -2.38. The van der Waals surface area contributed by atoms with Crippen molar-refractivity contribution in [2.75, 3.05) is 6.61 Å². The molecule has 0 atom stereocenters. The van der Waals surface area contributed by atoms with Crippen LogP contribution in [0.3, 0.4) is 0 Å². The summed E-state index contributed by atoms with van der Waals surface area (Å²) in [6, 6.07) is 5.54. The van der Waals surface area contributed by atoms with Gasteiger partial charge >= 0.3 is 0 Å². The summed E-state index contributed by atoms with van der Waals surface area (Å²) in [6.45, 7) is 4.30. The van der Waals surface area contributed by atoms with Crippen LogP contribution in [0.2, 0.25) is 0 Å². The topological polar surface area (TPSA) is 48.1 Å². The molecule has 0 aliphatic carbocycles. The minimum Gasteiger partial charge on any atom is -0.476 e. The number of aromatic nitrogens is 1. The fourth-order valence-corrected chi connectivity index (χ4v) is 0.692. The molecule has 0 saturated heterocycles. The van der Waals surface area contributed by atoms with Gasteiger partial charge in [0.25, 0.3) is 0 Å². The first kappa shape index (κ1) is 9.00. The van der Waals surface area contributed by atoms with Gasteiger partial charge in [0.2, 0.25) is 5.88 Å². The van der Waals surface area contributed by atoms with Gasteiger partial charge in [0.1, 0.15) is 6.61 Å². The molecule has 1 rings (SSSR count). The summed E-state index contributed by atoms with van der Waals surface area (Å²) in [7, 11) is 0. The first-order valence-electron chi connectivity index (χ1n) is 3.91. The molecule has 1 aromatic heterocycles. The van der Waals surface area contributed by atoms with E-state index >= 15 is 0 Å². The Hall–Kier alpha value is -1.09. The molecule has 3 nitrogen and oxygen atoms in total. The van der Waals surface area contributed by atoms with Crippen molar-refractivity contribution in [3.8, 4) is 5.88 Å². The van der Waals surface area contributed by atoms with E-state index in [9.17, 15) is 0 Å². The molecule has 0 aliphatic rings. The van der Waals surface area contributed by atoms with Crippen LogP contribution in [0.1, 0.15) is 13.8 Å². The Morgan fingerprint density at radius 3 is 2.75 bits per heavy atom. The van der Waals surface area contributed by atoms with Crippen LogP contribution >= 0.6 is 0 Å². The van der Waals surface area contributed by atoms with Crippen LogP contribution in [0.25, 0.3) is 0 Å². The van der Waals surface area contributed by atoms with Gasteiger partial charge in [0.15, 0.2) is 0 Å². The molecule has 12 heavy (non-hydrogen) atoms. The molecule has 1 aromatic rings. The maximum atomic E-state index is 5.73. The first-order chi connectivity index (χ1) is 5.58. The van der Waals surface area contributed by atoms with Gasteiger partial charge in [-0.3, -0.25) is 0 Å². The molecule has 66 valence electrons. The van der Waals surface area contributed by atoms with Gasteiger partial charge in [0.05, 0.1) is 0 Å². The Kier molecular flexibility index (Phi) is 2.65. The van der Waals surface area contributed by atoms with Gasteiger partial charge in [-0.25, -0.2) is 4.98 Å². The number of pyridine rings is 1. The maximum absolute atomic E-state index is 5.73. The smallest absolute Gasteiger partial charge is 0.213 e. The lowest BCUT2D eigenvalue weighted by molar-refractivity contribution is 0.235. The van der Waals surface area contributed by atoms with E-state index in [2.05, 4.69) is 4.98 Å². The summed E-state index contributed by atoms with van der Waals surface area (Å²) in [6.07, 6.45) is 1.69. The molecule has 0 aromatic carbocycles. The molecule has 3 heteroatoms. The van der Waals surface area contributed by atoms with Crippen molar-refractivity contribution < 1.29 is 4.74 Å². The number of hydrogen-bond donors (Lipinski definition) is 1. The minimum atomic E-state index is -0.308. The van der Waals surface area contributed by atoms with E-state index in [1.807, 2.05) is 32.0 Å². The zero-order chi connectivity index (χ0) is 9.03. The van der Waals surface area contributed by atoms with Gasteiger partial charge in [-0.05, 0) is 19.9 Å². The van der Waals surface area contributed by atoms with Gasteiger partial charge < -0.3 is 10.5 Å². The molecule has 0 aliphatic heterocycles. The van der Waals surface area contributed by atoms with Crippen molar-refractivity contribution in [2.45, 2.75) is 19.4 Å². The fourth-order valence-electron chi connectivity index (χ4n) is 0.692. The largest absolute Gasteiger partial charge is 0.476 e. The average molecular weight is 166 g/mol. The molecule has 0 radical (unpaired) electrons. The molecular weight excluding hydrogens is 152 g/mol. The predicted molar refractivity (Wildman–Crippen MR) is 48.0 cm³/mol. The van der Waals surface area contributed by atoms with Gasteiger partial charge in [-0.15, -0.1) is 0 Å².